The molecule has 4 rings (SSSR count). The van der Waals surface area contributed by atoms with Gasteiger partial charge in [-0.05, 0) is 48.0 Å². The Morgan fingerprint density at radius 1 is 1.04 bits per heavy atom. The maximum Gasteiger partial charge on any atom is 0.255 e. The Morgan fingerprint density at radius 2 is 1.75 bits per heavy atom. The molecule has 0 bridgehead atoms. The van der Waals surface area contributed by atoms with Gasteiger partial charge >= 0.3 is 0 Å². The van der Waals surface area contributed by atoms with Crippen LogP contribution in [0.4, 0.5) is 10.1 Å². The monoisotopic (exact) mass is 394 g/mol. The van der Waals surface area contributed by atoms with Crippen molar-refractivity contribution in [3.05, 3.63) is 100 Å². The number of hydrogen-bond donors (Lipinski definition) is 1. The van der Waals surface area contributed by atoms with Crippen LogP contribution in [-0.4, -0.2) is 23.3 Å². The summed E-state index contributed by atoms with van der Waals surface area (Å²) in [5, 5.41) is 3.35. The van der Waals surface area contributed by atoms with Crippen LogP contribution in [0.1, 0.15) is 27.5 Å². The zero-order valence-corrected chi connectivity index (χ0v) is 15.5. The Hall–Kier alpha value is -3.18. The van der Waals surface area contributed by atoms with Gasteiger partial charge in [0.1, 0.15) is 12.4 Å². The summed E-state index contributed by atoms with van der Waals surface area (Å²) >= 11 is 6.22. The summed E-state index contributed by atoms with van der Waals surface area (Å²) in [4.78, 5) is 27.3. The van der Waals surface area contributed by atoms with Crippen molar-refractivity contribution in [3.63, 3.8) is 0 Å². The zero-order valence-electron chi connectivity index (χ0n) is 14.7. The Kier molecular flexibility index (Phi) is 4.84. The van der Waals surface area contributed by atoms with Crippen LogP contribution >= 0.6 is 11.6 Å². The van der Waals surface area contributed by atoms with Crippen LogP contribution in [-0.2, 0) is 4.79 Å². The Morgan fingerprint density at radius 3 is 2.46 bits per heavy atom. The number of anilines is 1. The van der Waals surface area contributed by atoms with Crippen LogP contribution in [0, 0.1) is 5.82 Å². The van der Waals surface area contributed by atoms with E-state index in [-0.39, 0.29) is 18.4 Å². The highest BCUT2D eigenvalue weighted by Crippen LogP contribution is 2.37. The van der Waals surface area contributed by atoms with Gasteiger partial charge in [-0.1, -0.05) is 41.9 Å². The van der Waals surface area contributed by atoms with Gasteiger partial charge < -0.3 is 10.2 Å². The van der Waals surface area contributed by atoms with Gasteiger partial charge in [-0.2, -0.15) is 0 Å². The summed E-state index contributed by atoms with van der Waals surface area (Å²) in [5.41, 5.74) is 2.48. The minimum atomic E-state index is -0.522. The molecule has 4 nitrogen and oxygen atoms in total. The number of hydrogen-bond acceptors (Lipinski definition) is 2. The second kappa shape index (κ2) is 7.44. The fourth-order valence-electron chi connectivity index (χ4n) is 3.42. The number of nitrogens with zero attached hydrogens (tertiary/aromatic N) is 1. The van der Waals surface area contributed by atoms with E-state index in [9.17, 15) is 14.0 Å². The van der Waals surface area contributed by atoms with Gasteiger partial charge in [0.25, 0.3) is 5.91 Å². The molecule has 1 atom stereocenters. The molecule has 6 heteroatoms. The van der Waals surface area contributed by atoms with Gasteiger partial charge in [-0.25, -0.2) is 4.39 Å². The van der Waals surface area contributed by atoms with E-state index >= 15 is 0 Å². The molecule has 1 aliphatic rings. The van der Waals surface area contributed by atoms with Crippen LogP contribution in [0.2, 0.25) is 5.02 Å². The van der Waals surface area contributed by atoms with Gasteiger partial charge in [-0.15, -0.1) is 0 Å². The van der Waals surface area contributed by atoms with Crippen LogP contribution in [0.25, 0.3) is 0 Å². The van der Waals surface area contributed by atoms with Gasteiger partial charge in [0, 0.05) is 21.8 Å². The van der Waals surface area contributed by atoms with E-state index in [0.29, 0.717) is 16.3 Å². The van der Waals surface area contributed by atoms with Crippen molar-refractivity contribution in [2.75, 3.05) is 11.9 Å². The molecule has 2 amide bonds. The summed E-state index contributed by atoms with van der Waals surface area (Å²) in [6.07, 6.45) is 0. The summed E-state index contributed by atoms with van der Waals surface area (Å²) in [6, 6.07) is 19.4. The van der Waals surface area contributed by atoms with Crippen molar-refractivity contribution in [1.82, 2.24) is 4.90 Å². The normalized spacial score (nSPS) is 16.1. The minimum Gasteiger partial charge on any atom is -0.324 e. The van der Waals surface area contributed by atoms with Gasteiger partial charge in [-0.3, -0.25) is 9.59 Å². The SMILES string of the molecule is O=C1CN(C(=O)c2ccc(F)cc2)C(c2ccccc2)c2cc(Cl)ccc2N1. The molecule has 0 fully saturated rings. The number of carbonyl (C=O) groups excluding carboxylic acids is 2. The van der Waals surface area contributed by atoms with Crippen molar-refractivity contribution in [2.45, 2.75) is 6.04 Å². The smallest absolute Gasteiger partial charge is 0.255 e. The third kappa shape index (κ3) is 3.49. The van der Waals surface area contributed by atoms with Crippen molar-refractivity contribution < 1.29 is 14.0 Å². The number of halogens is 2. The number of rotatable bonds is 2. The van der Waals surface area contributed by atoms with E-state index in [1.54, 1.807) is 18.2 Å². The fourth-order valence-corrected chi connectivity index (χ4v) is 3.60. The molecule has 0 aliphatic carbocycles. The molecular formula is C22H16ClFN2O2. The molecule has 0 saturated heterocycles. The van der Waals surface area contributed by atoms with E-state index in [1.807, 2.05) is 30.3 Å². The first-order valence-electron chi connectivity index (χ1n) is 8.74. The van der Waals surface area contributed by atoms with E-state index in [2.05, 4.69) is 5.32 Å². The summed E-state index contributed by atoms with van der Waals surface area (Å²) in [6.45, 7) is -0.137. The predicted octanol–water partition coefficient (Wildman–Crippen LogP) is 4.66. The third-order valence-corrected chi connectivity index (χ3v) is 4.91. The number of fused-ring (bicyclic) bond motifs is 1. The van der Waals surface area contributed by atoms with E-state index < -0.39 is 11.9 Å². The molecule has 3 aromatic rings. The molecule has 0 aromatic heterocycles. The predicted molar refractivity (Wildman–Crippen MR) is 106 cm³/mol. The van der Waals surface area contributed by atoms with Crippen molar-refractivity contribution in [1.29, 1.82) is 0 Å². The molecule has 1 aliphatic heterocycles. The molecule has 0 spiro atoms. The summed E-state index contributed by atoms with van der Waals surface area (Å²) in [5.74, 6) is -1.10. The standard InChI is InChI=1S/C22H16ClFN2O2/c23-16-8-11-19-18(12-16)21(14-4-2-1-3-5-14)26(13-20(27)25-19)22(28)15-6-9-17(24)10-7-15/h1-12,21H,13H2,(H,25,27). The number of carbonyl (C=O) groups is 2. The van der Waals surface area contributed by atoms with Crippen LogP contribution < -0.4 is 5.32 Å². The lowest BCUT2D eigenvalue weighted by atomic mass is 9.95. The lowest BCUT2D eigenvalue weighted by molar-refractivity contribution is -0.117. The first-order valence-corrected chi connectivity index (χ1v) is 9.11. The van der Waals surface area contributed by atoms with Crippen molar-refractivity contribution in [2.24, 2.45) is 0 Å². The number of nitrogens with one attached hydrogen (secondary N) is 1. The van der Waals surface area contributed by atoms with Crippen LogP contribution in [0.15, 0.2) is 72.8 Å². The van der Waals surface area contributed by atoms with Gasteiger partial charge in [0.15, 0.2) is 0 Å². The highest BCUT2D eigenvalue weighted by molar-refractivity contribution is 6.30. The average Bonchev–Trinajstić information content (AvgIpc) is 2.84. The fraction of sp³-hybridized carbons (Fsp3) is 0.0909. The van der Waals surface area contributed by atoms with Crippen molar-refractivity contribution >= 4 is 29.1 Å². The average molecular weight is 395 g/mol. The molecule has 0 radical (unpaired) electrons. The summed E-state index contributed by atoms with van der Waals surface area (Å²) in [7, 11) is 0. The van der Waals surface area contributed by atoms with E-state index in [0.717, 1.165) is 11.1 Å². The number of amides is 2. The van der Waals surface area contributed by atoms with Gasteiger partial charge in [0.2, 0.25) is 5.91 Å². The first kappa shape index (κ1) is 18.2. The Labute approximate surface area is 166 Å². The van der Waals surface area contributed by atoms with E-state index in [1.165, 1.54) is 29.2 Å². The first-order chi connectivity index (χ1) is 13.5. The maximum absolute atomic E-state index is 13.3. The lowest BCUT2D eigenvalue weighted by Crippen LogP contribution is -2.39. The molecule has 0 saturated carbocycles. The maximum atomic E-state index is 13.3. The quantitative estimate of drug-likeness (QED) is 0.687. The highest BCUT2D eigenvalue weighted by atomic mass is 35.5. The van der Waals surface area contributed by atoms with Crippen molar-refractivity contribution in [3.8, 4) is 0 Å². The second-order valence-electron chi connectivity index (χ2n) is 6.53. The Balaban J connectivity index is 1.88. The zero-order chi connectivity index (χ0) is 19.7. The Bertz CT molecular complexity index is 1040. The highest BCUT2D eigenvalue weighted by Gasteiger charge is 2.34. The van der Waals surface area contributed by atoms with Crippen LogP contribution in [0.3, 0.4) is 0 Å². The molecule has 1 unspecified atom stereocenters. The largest absolute Gasteiger partial charge is 0.324 e. The summed E-state index contributed by atoms with van der Waals surface area (Å²) < 4.78 is 13.3. The lowest BCUT2D eigenvalue weighted by Gasteiger charge is -2.30. The molecular weight excluding hydrogens is 379 g/mol. The molecule has 28 heavy (non-hydrogen) atoms. The molecule has 1 N–H and O–H groups in total. The minimum absolute atomic E-state index is 0.137. The van der Waals surface area contributed by atoms with Crippen LogP contribution in [0.5, 0.6) is 0 Å². The number of benzene rings is 3. The van der Waals surface area contributed by atoms with E-state index in [4.69, 9.17) is 11.6 Å². The molecule has 1 heterocycles. The van der Waals surface area contributed by atoms with Gasteiger partial charge in [0.05, 0.1) is 6.04 Å². The second-order valence-corrected chi connectivity index (χ2v) is 6.97. The third-order valence-electron chi connectivity index (χ3n) is 4.68. The molecule has 3 aromatic carbocycles. The topological polar surface area (TPSA) is 49.4 Å². The molecule has 140 valence electrons.